The van der Waals surface area contributed by atoms with E-state index in [2.05, 4.69) is 15.5 Å². The second-order valence-electron chi connectivity index (χ2n) is 7.94. The predicted molar refractivity (Wildman–Crippen MR) is 117 cm³/mol. The van der Waals surface area contributed by atoms with Gasteiger partial charge in [0.1, 0.15) is 11.5 Å². The SMILES string of the molecule is O=C(CN1CCC(C(=O)NC2CC2)CC1)Nc1ccc(Oc2ccccc2Cl)cc1. The number of amides is 2. The van der Waals surface area contributed by atoms with Gasteiger partial charge in [-0.3, -0.25) is 14.5 Å². The Morgan fingerprint density at radius 1 is 1.00 bits per heavy atom. The predicted octanol–water partition coefficient (Wildman–Crippen LogP) is 4.06. The smallest absolute Gasteiger partial charge is 0.238 e. The van der Waals surface area contributed by atoms with Crippen molar-refractivity contribution in [2.45, 2.75) is 31.7 Å². The van der Waals surface area contributed by atoms with Crippen LogP contribution in [-0.2, 0) is 9.59 Å². The van der Waals surface area contributed by atoms with Crippen LogP contribution in [0.2, 0.25) is 5.02 Å². The Morgan fingerprint density at radius 2 is 1.70 bits per heavy atom. The highest BCUT2D eigenvalue weighted by Gasteiger charge is 2.30. The number of nitrogens with zero attached hydrogens (tertiary/aromatic N) is 1. The van der Waals surface area contributed by atoms with E-state index in [-0.39, 0.29) is 17.7 Å². The summed E-state index contributed by atoms with van der Waals surface area (Å²) in [6, 6.07) is 14.9. The highest BCUT2D eigenvalue weighted by Crippen LogP contribution is 2.29. The van der Waals surface area contributed by atoms with E-state index in [1.165, 1.54) is 0 Å². The van der Waals surface area contributed by atoms with Gasteiger partial charge in [0.05, 0.1) is 11.6 Å². The average Bonchev–Trinajstić information content (AvgIpc) is 3.55. The Morgan fingerprint density at radius 3 is 2.37 bits per heavy atom. The number of benzene rings is 2. The number of para-hydroxylation sites is 1. The zero-order chi connectivity index (χ0) is 20.9. The lowest BCUT2D eigenvalue weighted by molar-refractivity contribution is -0.126. The number of anilines is 1. The van der Waals surface area contributed by atoms with Crippen molar-refractivity contribution < 1.29 is 14.3 Å². The molecule has 0 aromatic heterocycles. The lowest BCUT2D eigenvalue weighted by Crippen LogP contribution is -2.43. The molecule has 4 rings (SSSR count). The molecule has 1 aliphatic carbocycles. The number of piperidine rings is 1. The van der Waals surface area contributed by atoms with Gasteiger partial charge in [0.2, 0.25) is 11.8 Å². The number of rotatable bonds is 7. The second-order valence-corrected chi connectivity index (χ2v) is 8.35. The van der Waals surface area contributed by atoms with Crippen molar-refractivity contribution in [2.75, 3.05) is 25.0 Å². The number of hydrogen-bond acceptors (Lipinski definition) is 4. The van der Waals surface area contributed by atoms with Gasteiger partial charge in [-0.05, 0) is 75.2 Å². The molecule has 2 fully saturated rings. The van der Waals surface area contributed by atoms with Gasteiger partial charge in [0.25, 0.3) is 0 Å². The van der Waals surface area contributed by atoms with Gasteiger partial charge in [0, 0.05) is 17.6 Å². The van der Waals surface area contributed by atoms with Crippen LogP contribution in [0.4, 0.5) is 5.69 Å². The van der Waals surface area contributed by atoms with Crippen molar-refractivity contribution in [3.05, 3.63) is 53.6 Å². The summed E-state index contributed by atoms with van der Waals surface area (Å²) in [5.41, 5.74) is 0.713. The number of nitrogens with one attached hydrogen (secondary N) is 2. The van der Waals surface area contributed by atoms with Gasteiger partial charge in [-0.1, -0.05) is 23.7 Å². The number of halogens is 1. The van der Waals surface area contributed by atoms with E-state index in [4.69, 9.17) is 16.3 Å². The molecule has 30 heavy (non-hydrogen) atoms. The molecule has 0 unspecified atom stereocenters. The number of likely N-dealkylation sites (tertiary alicyclic amines) is 1. The molecule has 0 spiro atoms. The summed E-state index contributed by atoms with van der Waals surface area (Å²) in [6.45, 7) is 1.86. The summed E-state index contributed by atoms with van der Waals surface area (Å²) in [7, 11) is 0. The molecule has 2 aliphatic rings. The first-order valence-corrected chi connectivity index (χ1v) is 10.8. The van der Waals surface area contributed by atoms with Crippen LogP contribution in [-0.4, -0.2) is 42.4 Å². The number of carbonyl (C=O) groups is 2. The summed E-state index contributed by atoms with van der Waals surface area (Å²) in [6.07, 6.45) is 3.83. The van der Waals surface area contributed by atoms with E-state index in [9.17, 15) is 9.59 Å². The first-order valence-electron chi connectivity index (χ1n) is 10.4. The summed E-state index contributed by atoms with van der Waals surface area (Å²) in [5.74, 6) is 1.43. The summed E-state index contributed by atoms with van der Waals surface area (Å²) < 4.78 is 5.76. The summed E-state index contributed by atoms with van der Waals surface area (Å²) in [4.78, 5) is 26.6. The fourth-order valence-corrected chi connectivity index (χ4v) is 3.74. The van der Waals surface area contributed by atoms with Crippen LogP contribution in [0, 0.1) is 5.92 Å². The van der Waals surface area contributed by atoms with Crippen molar-refractivity contribution in [3.8, 4) is 11.5 Å². The first-order chi connectivity index (χ1) is 14.6. The molecule has 1 aliphatic heterocycles. The van der Waals surface area contributed by atoms with Crippen LogP contribution in [0.1, 0.15) is 25.7 Å². The molecular weight excluding hydrogens is 402 g/mol. The van der Waals surface area contributed by atoms with E-state index in [1.54, 1.807) is 36.4 Å². The number of carbonyl (C=O) groups excluding carboxylic acids is 2. The first kappa shape index (κ1) is 20.7. The maximum atomic E-state index is 12.4. The molecule has 2 N–H and O–H groups in total. The van der Waals surface area contributed by atoms with Crippen LogP contribution < -0.4 is 15.4 Å². The van der Waals surface area contributed by atoms with Gasteiger partial charge >= 0.3 is 0 Å². The normalized spacial score (nSPS) is 17.4. The van der Waals surface area contributed by atoms with E-state index in [0.717, 1.165) is 38.8 Å². The minimum absolute atomic E-state index is 0.0596. The molecule has 2 aromatic rings. The van der Waals surface area contributed by atoms with Gasteiger partial charge in [0.15, 0.2) is 0 Å². The Hall–Kier alpha value is -2.57. The summed E-state index contributed by atoms with van der Waals surface area (Å²) in [5, 5.41) is 6.54. The van der Waals surface area contributed by atoms with Gasteiger partial charge in [-0.2, -0.15) is 0 Å². The molecule has 1 heterocycles. The largest absolute Gasteiger partial charge is 0.456 e. The second kappa shape index (κ2) is 9.49. The molecular formula is C23H26ClN3O3. The molecule has 0 bridgehead atoms. The average molecular weight is 428 g/mol. The van der Waals surface area contributed by atoms with Crippen LogP contribution in [0.25, 0.3) is 0 Å². The highest BCUT2D eigenvalue weighted by atomic mass is 35.5. The Balaban J connectivity index is 1.21. The molecule has 2 amide bonds. The lowest BCUT2D eigenvalue weighted by Gasteiger charge is -2.30. The maximum absolute atomic E-state index is 12.4. The zero-order valence-electron chi connectivity index (χ0n) is 16.8. The standard InChI is InChI=1S/C23H26ClN3O3/c24-20-3-1-2-4-21(20)30-19-9-7-17(8-10-19)25-22(28)15-27-13-11-16(12-14-27)23(29)26-18-5-6-18/h1-4,7-10,16,18H,5-6,11-15H2,(H,25,28)(H,26,29). The van der Waals surface area contributed by atoms with Gasteiger partial charge in [-0.25, -0.2) is 0 Å². The van der Waals surface area contributed by atoms with Crippen molar-refractivity contribution in [2.24, 2.45) is 5.92 Å². The van der Waals surface area contributed by atoms with Crippen molar-refractivity contribution in [1.82, 2.24) is 10.2 Å². The molecule has 2 aromatic carbocycles. The quantitative estimate of drug-likeness (QED) is 0.699. The van der Waals surface area contributed by atoms with E-state index < -0.39 is 0 Å². The van der Waals surface area contributed by atoms with Crippen molar-refractivity contribution in [3.63, 3.8) is 0 Å². The zero-order valence-corrected chi connectivity index (χ0v) is 17.5. The van der Waals surface area contributed by atoms with Crippen LogP contribution in [0.5, 0.6) is 11.5 Å². The molecule has 1 saturated heterocycles. The summed E-state index contributed by atoms with van der Waals surface area (Å²) >= 11 is 6.11. The van der Waals surface area contributed by atoms with Crippen molar-refractivity contribution in [1.29, 1.82) is 0 Å². The Bertz CT molecular complexity index is 891. The van der Waals surface area contributed by atoms with Gasteiger partial charge in [-0.15, -0.1) is 0 Å². The topological polar surface area (TPSA) is 70.7 Å². The Kier molecular flexibility index (Phi) is 6.55. The van der Waals surface area contributed by atoms with Crippen molar-refractivity contribution >= 4 is 29.1 Å². The third kappa shape index (κ3) is 5.74. The lowest BCUT2D eigenvalue weighted by atomic mass is 9.96. The van der Waals surface area contributed by atoms with E-state index >= 15 is 0 Å². The van der Waals surface area contributed by atoms with E-state index in [1.807, 2.05) is 12.1 Å². The van der Waals surface area contributed by atoms with Crippen LogP contribution in [0.3, 0.4) is 0 Å². The van der Waals surface area contributed by atoms with Crippen LogP contribution in [0.15, 0.2) is 48.5 Å². The van der Waals surface area contributed by atoms with Gasteiger partial charge < -0.3 is 15.4 Å². The fraction of sp³-hybridized carbons (Fsp3) is 0.391. The third-order valence-corrected chi connectivity index (χ3v) is 5.76. The molecule has 7 heteroatoms. The highest BCUT2D eigenvalue weighted by molar-refractivity contribution is 6.32. The Labute approximate surface area is 181 Å². The minimum Gasteiger partial charge on any atom is -0.456 e. The molecule has 6 nitrogen and oxygen atoms in total. The fourth-order valence-electron chi connectivity index (χ4n) is 3.56. The minimum atomic E-state index is -0.0596. The molecule has 158 valence electrons. The molecule has 1 saturated carbocycles. The van der Waals surface area contributed by atoms with Crippen LogP contribution >= 0.6 is 11.6 Å². The maximum Gasteiger partial charge on any atom is 0.238 e. The number of ether oxygens (including phenoxy) is 1. The molecule has 0 radical (unpaired) electrons. The third-order valence-electron chi connectivity index (χ3n) is 5.45. The molecule has 0 atom stereocenters. The van der Waals surface area contributed by atoms with E-state index in [0.29, 0.717) is 34.8 Å². The monoisotopic (exact) mass is 427 g/mol. The number of hydrogen-bond donors (Lipinski definition) is 2.